The van der Waals surface area contributed by atoms with Gasteiger partial charge in [-0.25, -0.2) is 9.97 Å². The van der Waals surface area contributed by atoms with Gasteiger partial charge in [-0.3, -0.25) is 0 Å². The number of hydrogen-bond acceptors (Lipinski definition) is 4. The third kappa shape index (κ3) is 3.37. The Labute approximate surface area is 147 Å². The van der Waals surface area contributed by atoms with Crippen molar-refractivity contribution in [2.75, 3.05) is 5.32 Å². The zero-order valence-electron chi connectivity index (χ0n) is 13.9. The second-order valence-electron chi connectivity index (χ2n) is 5.70. The van der Waals surface area contributed by atoms with Crippen molar-refractivity contribution >= 4 is 11.6 Å². The van der Waals surface area contributed by atoms with E-state index in [1.807, 2.05) is 13.8 Å². The zero-order chi connectivity index (χ0) is 18.9. The van der Waals surface area contributed by atoms with E-state index in [9.17, 15) is 13.2 Å². The highest BCUT2D eigenvalue weighted by molar-refractivity contribution is 5.70. The molecule has 5 nitrogen and oxygen atoms in total. The second kappa shape index (κ2) is 6.52. The van der Waals surface area contributed by atoms with Crippen molar-refractivity contribution in [1.82, 2.24) is 15.0 Å². The van der Waals surface area contributed by atoms with E-state index in [4.69, 9.17) is 5.26 Å². The summed E-state index contributed by atoms with van der Waals surface area (Å²) in [5.74, 6) is 0.251. The van der Waals surface area contributed by atoms with Crippen molar-refractivity contribution in [2.45, 2.75) is 20.0 Å². The van der Waals surface area contributed by atoms with Crippen LogP contribution in [0.25, 0.3) is 11.3 Å². The summed E-state index contributed by atoms with van der Waals surface area (Å²) in [6.07, 6.45) is -2.83. The van der Waals surface area contributed by atoms with Gasteiger partial charge in [0.05, 0.1) is 11.3 Å². The average molecular weight is 357 g/mol. The van der Waals surface area contributed by atoms with Crippen molar-refractivity contribution in [2.24, 2.45) is 0 Å². The number of H-pyrrole nitrogens is 1. The van der Waals surface area contributed by atoms with Crippen LogP contribution < -0.4 is 5.32 Å². The number of alkyl halides is 3. The van der Waals surface area contributed by atoms with E-state index in [1.54, 1.807) is 12.3 Å². The maximum Gasteiger partial charge on any atom is 0.416 e. The topological polar surface area (TPSA) is 77.4 Å². The first-order valence-electron chi connectivity index (χ1n) is 7.66. The Morgan fingerprint density at radius 2 is 1.81 bits per heavy atom. The number of aryl methyl sites for hydroxylation is 1. The molecular weight excluding hydrogens is 343 g/mol. The molecule has 0 aliphatic carbocycles. The van der Waals surface area contributed by atoms with Crippen molar-refractivity contribution in [1.29, 1.82) is 5.26 Å². The molecule has 0 bridgehead atoms. The normalized spacial score (nSPS) is 11.2. The lowest BCUT2D eigenvalue weighted by Gasteiger charge is -2.09. The molecule has 0 atom stereocenters. The molecule has 132 valence electrons. The van der Waals surface area contributed by atoms with Gasteiger partial charge in [-0.2, -0.15) is 18.4 Å². The Morgan fingerprint density at radius 1 is 1.12 bits per heavy atom. The summed E-state index contributed by atoms with van der Waals surface area (Å²) in [4.78, 5) is 11.5. The third-order valence-corrected chi connectivity index (χ3v) is 3.93. The SMILES string of the molecule is Cc1[nH]c(C#N)c(C)c1-c1ccnc(Nc2ccc(C(F)(F)F)cc2)n1. The zero-order valence-corrected chi connectivity index (χ0v) is 13.9. The summed E-state index contributed by atoms with van der Waals surface area (Å²) in [6, 6.07) is 8.42. The maximum absolute atomic E-state index is 12.6. The van der Waals surface area contributed by atoms with Crippen LogP contribution in [-0.2, 0) is 6.18 Å². The molecule has 8 heteroatoms. The molecule has 2 heterocycles. The minimum Gasteiger partial charge on any atom is -0.350 e. The quantitative estimate of drug-likeness (QED) is 0.711. The number of hydrogen-bond donors (Lipinski definition) is 2. The maximum atomic E-state index is 12.6. The van der Waals surface area contributed by atoms with Gasteiger partial charge >= 0.3 is 6.18 Å². The number of rotatable bonds is 3. The van der Waals surface area contributed by atoms with Gasteiger partial charge in [0.15, 0.2) is 0 Å². The number of nitriles is 1. The molecule has 3 rings (SSSR count). The molecule has 2 N–H and O–H groups in total. The van der Waals surface area contributed by atoms with Crippen LogP contribution in [0.1, 0.15) is 22.5 Å². The van der Waals surface area contributed by atoms with E-state index in [1.165, 1.54) is 12.1 Å². The smallest absolute Gasteiger partial charge is 0.350 e. The lowest BCUT2D eigenvalue weighted by Crippen LogP contribution is -2.05. The molecule has 0 aliphatic rings. The Hall–Kier alpha value is -3.34. The molecule has 2 aromatic heterocycles. The summed E-state index contributed by atoms with van der Waals surface area (Å²) in [7, 11) is 0. The van der Waals surface area contributed by atoms with Crippen LogP contribution in [0.3, 0.4) is 0 Å². The molecule has 0 aliphatic heterocycles. The number of nitrogens with one attached hydrogen (secondary N) is 2. The first kappa shape index (κ1) is 17.5. The van der Waals surface area contributed by atoms with Crippen LogP contribution in [0.4, 0.5) is 24.8 Å². The molecule has 1 aromatic carbocycles. The summed E-state index contributed by atoms with van der Waals surface area (Å²) in [5.41, 5.74) is 3.19. The van der Waals surface area contributed by atoms with Gasteiger partial charge in [0, 0.05) is 23.1 Å². The van der Waals surface area contributed by atoms with Crippen LogP contribution in [0.2, 0.25) is 0 Å². The summed E-state index contributed by atoms with van der Waals surface area (Å²) in [5, 5.41) is 12.0. The Balaban J connectivity index is 1.89. The fourth-order valence-electron chi connectivity index (χ4n) is 2.68. The Bertz CT molecular complexity index is 982. The molecule has 0 radical (unpaired) electrons. The first-order chi connectivity index (χ1) is 12.3. The molecule has 26 heavy (non-hydrogen) atoms. The highest BCUT2D eigenvalue weighted by Gasteiger charge is 2.29. The molecule has 0 unspecified atom stereocenters. The summed E-state index contributed by atoms with van der Waals surface area (Å²) < 4.78 is 37.9. The van der Waals surface area contributed by atoms with Crippen molar-refractivity contribution < 1.29 is 13.2 Å². The monoisotopic (exact) mass is 357 g/mol. The lowest BCUT2D eigenvalue weighted by atomic mass is 10.1. The molecule has 0 spiro atoms. The van der Waals surface area contributed by atoms with E-state index >= 15 is 0 Å². The van der Waals surface area contributed by atoms with Crippen LogP contribution >= 0.6 is 0 Å². The van der Waals surface area contributed by atoms with Gasteiger partial charge in [0.2, 0.25) is 5.95 Å². The second-order valence-corrected chi connectivity index (χ2v) is 5.70. The van der Waals surface area contributed by atoms with Crippen molar-refractivity contribution in [3.8, 4) is 17.3 Å². The minimum absolute atomic E-state index is 0.251. The van der Waals surface area contributed by atoms with Crippen LogP contribution in [0.15, 0.2) is 36.5 Å². The highest BCUT2D eigenvalue weighted by atomic mass is 19.4. The fraction of sp³-hybridized carbons (Fsp3) is 0.167. The predicted octanol–water partition coefficient (Wildman–Crippen LogP) is 4.72. The molecule has 0 saturated carbocycles. The number of nitrogens with zero attached hydrogens (tertiary/aromatic N) is 3. The summed E-state index contributed by atoms with van der Waals surface area (Å²) in [6.45, 7) is 3.66. The van der Waals surface area contributed by atoms with Gasteiger partial charge < -0.3 is 10.3 Å². The van der Waals surface area contributed by atoms with E-state index in [0.717, 1.165) is 29.0 Å². The van der Waals surface area contributed by atoms with Gasteiger partial charge in [-0.05, 0) is 49.7 Å². The number of anilines is 2. The van der Waals surface area contributed by atoms with Gasteiger partial charge in [-0.1, -0.05) is 0 Å². The number of aromatic amines is 1. The third-order valence-electron chi connectivity index (χ3n) is 3.93. The number of halogens is 3. The van der Waals surface area contributed by atoms with E-state index in [2.05, 4.69) is 26.3 Å². The van der Waals surface area contributed by atoms with E-state index in [-0.39, 0.29) is 5.95 Å². The molecule has 0 amide bonds. The average Bonchev–Trinajstić information content (AvgIpc) is 2.88. The van der Waals surface area contributed by atoms with Crippen LogP contribution in [0.5, 0.6) is 0 Å². The molecule has 3 aromatic rings. The van der Waals surface area contributed by atoms with Gasteiger partial charge in [-0.15, -0.1) is 0 Å². The van der Waals surface area contributed by atoms with E-state index < -0.39 is 11.7 Å². The number of benzene rings is 1. The first-order valence-corrected chi connectivity index (χ1v) is 7.66. The fourth-order valence-corrected chi connectivity index (χ4v) is 2.68. The van der Waals surface area contributed by atoms with E-state index in [0.29, 0.717) is 17.1 Å². The van der Waals surface area contributed by atoms with Gasteiger partial charge in [0.25, 0.3) is 0 Å². The Kier molecular flexibility index (Phi) is 4.38. The highest BCUT2D eigenvalue weighted by Crippen LogP contribution is 2.31. The van der Waals surface area contributed by atoms with Crippen molar-refractivity contribution in [3.63, 3.8) is 0 Å². The predicted molar refractivity (Wildman–Crippen MR) is 90.7 cm³/mol. The van der Waals surface area contributed by atoms with Crippen LogP contribution in [0, 0.1) is 25.2 Å². The standard InChI is InChI=1S/C18H14F3N5/c1-10-15(9-22)24-11(2)16(10)14-7-8-23-17(26-14)25-13-5-3-12(4-6-13)18(19,20)21/h3-8,24H,1-2H3,(H,23,25,26). The molecule has 0 fully saturated rings. The number of aromatic nitrogens is 3. The van der Waals surface area contributed by atoms with Crippen molar-refractivity contribution in [3.05, 3.63) is 59.0 Å². The van der Waals surface area contributed by atoms with Crippen LogP contribution in [-0.4, -0.2) is 15.0 Å². The largest absolute Gasteiger partial charge is 0.416 e. The lowest BCUT2D eigenvalue weighted by molar-refractivity contribution is -0.137. The summed E-state index contributed by atoms with van der Waals surface area (Å²) >= 11 is 0. The Morgan fingerprint density at radius 3 is 2.38 bits per heavy atom. The van der Waals surface area contributed by atoms with Gasteiger partial charge in [0.1, 0.15) is 11.8 Å². The minimum atomic E-state index is -4.38. The molecular formula is C18H14F3N5. The molecule has 0 saturated heterocycles.